The summed E-state index contributed by atoms with van der Waals surface area (Å²) < 4.78 is 6.51. The SMILES string of the molecule is CCNc1ncc(Br)c(Oc2cc(C)c(Cl)c(C)c2)n1. The van der Waals surface area contributed by atoms with E-state index in [0.29, 0.717) is 22.1 Å². The molecular formula is C14H15BrClN3O. The Morgan fingerprint density at radius 3 is 2.55 bits per heavy atom. The summed E-state index contributed by atoms with van der Waals surface area (Å²) in [5.74, 6) is 1.71. The van der Waals surface area contributed by atoms with Gasteiger partial charge in [0.05, 0.1) is 10.7 Å². The number of aromatic nitrogens is 2. The molecule has 1 aromatic carbocycles. The first-order valence-corrected chi connectivity index (χ1v) is 7.39. The van der Waals surface area contributed by atoms with Crippen LogP contribution in [0, 0.1) is 13.8 Å². The van der Waals surface area contributed by atoms with E-state index in [0.717, 1.165) is 22.7 Å². The zero-order valence-corrected chi connectivity index (χ0v) is 13.8. The second-order valence-corrected chi connectivity index (χ2v) is 5.58. The third kappa shape index (κ3) is 3.41. The Hall–Kier alpha value is -1.33. The van der Waals surface area contributed by atoms with Crippen LogP contribution in [-0.2, 0) is 0 Å². The number of hydrogen-bond acceptors (Lipinski definition) is 4. The summed E-state index contributed by atoms with van der Waals surface area (Å²) in [6, 6.07) is 3.77. The van der Waals surface area contributed by atoms with Crippen molar-refractivity contribution in [2.75, 3.05) is 11.9 Å². The van der Waals surface area contributed by atoms with Crippen LogP contribution in [0.5, 0.6) is 11.6 Å². The molecule has 0 spiro atoms. The molecule has 0 aliphatic carbocycles. The Balaban J connectivity index is 2.32. The number of nitrogens with one attached hydrogen (secondary N) is 1. The van der Waals surface area contributed by atoms with Gasteiger partial charge in [-0.05, 0) is 60.0 Å². The van der Waals surface area contributed by atoms with Gasteiger partial charge < -0.3 is 10.1 Å². The highest BCUT2D eigenvalue weighted by Crippen LogP contribution is 2.31. The number of benzene rings is 1. The molecule has 0 aliphatic heterocycles. The van der Waals surface area contributed by atoms with Crippen LogP contribution in [0.4, 0.5) is 5.95 Å². The topological polar surface area (TPSA) is 47.0 Å². The molecule has 1 N–H and O–H groups in total. The monoisotopic (exact) mass is 355 g/mol. The lowest BCUT2D eigenvalue weighted by atomic mass is 10.1. The van der Waals surface area contributed by atoms with Gasteiger partial charge in [0, 0.05) is 11.6 Å². The summed E-state index contributed by atoms with van der Waals surface area (Å²) in [6.07, 6.45) is 1.66. The molecule has 20 heavy (non-hydrogen) atoms. The Morgan fingerprint density at radius 2 is 1.95 bits per heavy atom. The average molecular weight is 357 g/mol. The van der Waals surface area contributed by atoms with E-state index < -0.39 is 0 Å². The molecule has 1 heterocycles. The molecule has 0 amide bonds. The van der Waals surface area contributed by atoms with Gasteiger partial charge in [-0.15, -0.1) is 0 Å². The first kappa shape index (κ1) is 15.1. The van der Waals surface area contributed by atoms with Gasteiger partial charge in [-0.25, -0.2) is 4.98 Å². The van der Waals surface area contributed by atoms with E-state index in [4.69, 9.17) is 16.3 Å². The van der Waals surface area contributed by atoms with Crippen molar-refractivity contribution < 1.29 is 4.74 Å². The summed E-state index contributed by atoms with van der Waals surface area (Å²) in [7, 11) is 0. The van der Waals surface area contributed by atoms with Crippen LogP contribution >= 0.6 is 27.5 Å². The van der Waals surface area contributed by atoms with Gasteiger partial charge in [0.15, 0.2) is 0 Å². The van der Waals surface area contributed by atoms with Crippen molar-refractivity contribution in [2.24, 2.45) is 0 Å². The van der Waals surface area contributed by atoms with Gasteiger partial charge in [-0.2, -0.15) is 4.98 Å². The second kappa shape index (κ2) is 6.41. The molecular weight excluding hydrogens is 342 g/mol. The molecule has 0 aliphatic rings. The molecule has 0 bridgehead atoms. The predicted molar refractivity (Wildman–Crippen MR) is 84.9 cm³/mol. The Labute approximate surface area is 131 Å². The normalized spacial score (nSPS) is 10.4. The Bertz CT molecular complexity index is 611. The summed E-state index contributed by atoms with van der Waals surface area (Å²) >= 11 is 9.54. The van der Waals surface area contributed by atoms with Gasteiger partial charge in [0.2, 0.25) is 11.8 Å². The minimum atomic E-state index is 0.470. The van der Waals surface area contributed by atoms with Gasteiger partial charge in [0.25, 0.3) is 0 Å². The molecule has 106 valence electrons. The summed E-state index contributed by atoms with van der Waals surface area (Å²) in [5, 5.41) is 3.81. The van der Waals surface area contributed by atoms with Gasteiger partial charge in [-0.1, -0.05) is 11.6 Å². The van der Waals surface area contributed by atoms with E-state index in [1.165, 1.54) is 0 Å². The van der Waals surface area contributed by atoms with Crippen molar-refractivity contribution in [1.82, 2.24) is 9.97 Å². The summed E-state index contributed by atoms with van der Waals surface area (Å²) in [4.78, 5) is 8.46. The number of ether oxygens (including phenoxy) is 1. The second-order valence-electron chi connectivity index (χ2n) is 4.35. The van der Waals surface area contributed by atoms with Crippen molar-refractivity contribution >= 4 is 33.5 Å². The predicted octanol–water partition coefficient (Wildman–Crippen LogP) is 4.73. The van der Waals surface area contributed by atoms with Crippen molar-refractivity contribution in [2.45, 2.75) is 20.8 Å². The maximum atomic E-state index is 6.15. The third-order valence-electron chi connectivity index (χ3n) is 2.67. The van der Waals surface area contributed by atoms with Crippen LogP contribution in [0.25, 0.3) is 0 Å². The molecule has 2 rings (SSSR count). The van der Waals surface area contributed by atoms with Crippen LogP contribution in [-0.4, -0.2) is 16.5 Å². The summed E-state index contributed by atoms with van der Waals surface area (Å²) in [5.41, 5.74) is 1.94. The minimum Gasteiger partial charge on any atom is -0.438 e. The molecule has 6 heteroatoms. The Morgan fingerprint density at radius 1 is 1.30 bits per heavy atom. The van der Waals surface area contributed by atoms with Crippen LogP contribution < -0.4 is 10.1 Å². The highest BCUT2D eigenvalue weighted by molar-refractivity contribution is 9.10. The summed E-state index contributed by atoms with van der Waals surface area (Å²) in [6.45, 7) is 6.63. The van der Waals surface area contributed by atoms with E-state index in [1.54, 1.807) is 6.20 Å². The highest BCUT2D eigenvalue weighted by atomic mass is 79.9. The van der Waals surface area contributed by atoms with Crippen molar-refractivity contribution in [3.8, 4) is 11.6 Å². The smallest absolute Gasteiger partial charge is 0.238 e. The average Bonchev–Trinajstić information content (AvgIpc) is 2.40. The number of rotatable bonds is 4. The largest absolute Gasteiger partial charge is 0.438 e. The number of hydrogen-bond donors (Lipinski definition) is 1. The van der Waals surface area contributed by atoms with E-state index in [2.05, 4.69) is 31.2 Å². The van der Waals surface area contributed by atoms with Crippen LogP contribution in [0.1, 0.15) is 18.1 Å². The molecule has 0 radical (unpaired) electrons. The van der Waals surface area contributed by atoms with E-state index in [1.807, 2.05) is 32.9 Å². The lowest BCUT2D eigenvalue weighted by molar-refractivity contribution is 0.458. The van der Waals surface area contributed by atoms with Crippen molar-refractivity contribution in [1.29, 1.82) is 0 Å². The first-order chi connectivity index (χ1) is 9.51. The molecule has 0 saturated heterocycles. The van der Waals surface area contributed by atoms with Crippen LogP contribution in [0.3, 0.4) is 0 Å². The maximum Gasteiger partial charge on any atom is 0.238 e. The molecule has 1 aromatic heterocycles. The van der Waals surface area contributed by atoms with Crippen LogP contribution in [0.15, 0.2) is 22.8 Å². The number of anilines is 1. The van der Waals surface area contributed by atoms with Gasteiger partial charge >= 0.3 is 0 Å². The molecule has 0 unspecified atom stereocenters. The van der Waals surface area contributed by atoms with Gasteiger partial charge in [0.1, 0.15) is 5.75 Å². The van der Waals surface area contributed by atoms with E-state index >= 15 is 0 Å². The van der Waals surface area contributed by atoms with Crippen LogP contribution in [0.2, 0.25) is 5.02 Å². The maximum absolute atomic E-state index is 6.15. The zero-order chi connectivity index (χ0) is 14.7. The first-order valence-electron chi connectivity index (χ1n) is 6.22. The van der Waals surface area contributed by atoms with E-state index in [-0.39, 0.29) is 0 Å². The number of halogens is 2. The highest BCUT2D eigenvalue weighted by Gasteiger charge is 2.09. The van der Waals surface area contributed by atoms with Gasteiger partial charge in [-0.3, -0.25) is 0 Å². The number of aryl methyl sites for hydroxylation is 2. The fourth-order valence-electron chi connectivity index (χ4n) is 1.74. The lowest BCUT2D eigenvalue weighted by Crippen LogP contribution is -2.03. The standard InChI is InChI=1S/C14H15BrClN3O/c1-4-17-14-18-7-11(15)13(19-14)20-10-5-8(2)12(16)9(3)6-10/h5-7H,4H2,1-3H3,(H,17,18,19). The fourth-order valence-corrected chi connectivity index (χ4v) is 2.12. The quantitative estimate of drug-likeness (QED) is 0.860. The Kier molecular flexibility index (Phi) is 4.83. The number of nitrogens with zero attached hydrogens (tertiary/aromatic N) is 2. The lowest BCUT2D eigenvalue weighted by Gasteiger charge is -2.11. The van der Waals surface area contributed by atoms with Crippen molar-refractivity contribution in [3.05, 3.63) is 39.0 Å². The molecule has 0 atom stereocenters. The molecule has 0 fully saturated rings. The third-order valence-corrected chi connectivity index (χ3v) is 3.81. The van der Waals surface area contributed by atoms with E-state index in [9.17, 15) is 0 Å². The molecule has 4 nitrogen and oxygen atoms in total. The molecule has 2 aromatic rings. The zero-order valence-electron chi connectivity index (χ0n) is 11.5. The minimum absolute atomic E-state index is 0.470. The molecule has 0 saturated carbocycles. The fraction of sp³-hybridized carbons (Fsp3) is 0.286. The van der Waals surface area contributed by atoms with Crippen molar-refractivity contribution in [3.63, 3.8) is 0 Å².